The molecule has 0 radical (unpaired) electrons. The van der Waals surface area contributed by atoms with Crippen LogP contribution in [0.15, 0.2) is 107 Å². The molecule has 0 aliphatic carbocycles. The minimum atomic E-state index is -4.06. The molecule has 0 saturated carbocycles. The molecule has 1 atom stereocenters. The summed E-state index contributed by atoms with van der Waals surface area (Å²) >= 11 is 0. The number of rotatable bonds is 11. The van der Waals surface area contributed by atoms with E-state index in [1.54, 1.807) is 42.5 Å². The molecule has 4 aromatic carbocycles. The molecule has 48 heavy (non-hydrogen) atoms. The van der Waals surface area contributed by atoms with E-state index in [-0.39, 0.29) is 37.2 Å². The molecule has 12 nitrogen and oxygen atoms in total. The summed E-state index contributed by atoms with van der Waals surface area (Å²) in [6.07, 6.45) is -0.959. The van der Waals surface area contributed by atoms with Gasteiger partial charge < -0.3 is 19.7 Å². The van der Waals surface area contributed by atoms with E-state index in [1.165, 1.54) is 6.07 Å². The van der Waals surface area contributed by atoms with Crippen molar-refractivity contribution >= 4 is 50.5 Å². The van der Waals surface area contributed by atoms with Crippen LogP contribution in [0.3, 0.4) is 0 Å². The lowest BCUT2D eigenvalue weighted by Gasteiger charge is -2.37. The minimum Gasteiger partial charge on any atom is -0.444 e. The van der Waals surface area contributed by atoms with E-state index in [0.717, 1.165) is 26.5 Å². The summed E-state index contributed by atoms with van der Waals surface area (Å²) in [5.74, 6) is -1.14. The molecule has 1 fully saturated rings. The predicted molar refractivity (Wildman–Crippen MR) is 182 cm³/mol. The van der Waals surface area contributed by atoms with E-state index in [2.05, 4.69) is 15.6 Å². The summed E-state index contributed by atoms with van der Waals surface area (Å²) < 4.78 is 38.5. The van der Waals surface area contributed by atoms with E-state index in [0.29, 0.717) is 18.2 Å². The van der Waals surface area contributed by atoms with Crippen molar-refractivity contribution in [3.8, 4) is 0 Å². The maximum Gasteiger partial charge on any atom is 0.437 e. The average molecular weight is 672 g/mol. The lowest BCUT2D eigenvalue weighted by atomic mass is 9.96. The van der Waals surface area contributed by atoms with Crippen molar-refractivity contribution in [2.45, 2.75) is 31.0 Å². The van der Waals surface area contributed by atoms with Gasteiger partial charge in [-0.3, -0.25) is 10.1 Å². The number of carbonyl (C=O) groups is 3. The van der Waals surface area contributed by atoms with E-state index >= 15 is 0 Å². The maximum absolute atomic E-state index is 13.5. The number of alkyl carbamates (subject to hydrolysis) is 1. The number of β-lactam (4-membered cyclic amide) rings is 1. The van der Waals surface area contributed by atoms with Gasteiger partial charge in [0.1, 0.15) is 13.2 Å². The van der Waals surface area contributed by atoms with Gasteiger partial charge in [-0.15, -0.1) is 4.99 Å². The smallest absolute Gasteiger partial charge is 0.437 e. The highest BCUT2D eigenvalue weighted by Crippen LogP contribution is 2.35. The van der Waals surface area contributed by atoms with Gasteiger partial charge in [0.15, 0.2) is 0 Å². The van der Waals surface area contributed by atoms with Gasteiger partial charge in [0.2, 0.25) is 11.9 Å². The molecule has 1 aliphatic heterocycles. The fraction of sp³-hybridized carbons (Fsp3) is 0.257. The quantitative estimate of drug-likeness (QED) is 0.0969. The first kappa shape index (κ1) is 33.9. The Morgan fingerprint density at radius 1 is 0.854 bits per heavy atom. The van der Waals surface area contributed by atoms with E-state index in [4.69, 9.17) is 9.47 Å². The zero-order valence-corrected chi connectivity index (χ0v) is 27.5. The third kappa shape index (κ3) is 8.28. The standard InChI is InChI=1S/C35H37N5O7S/c1-39(2)30-19-9-18-29-28(30)17-10-20-31(29)48(44,45)40-22-27(32(40)41)16-11-21-36-33(37-34(42)46-23-25-12-5-3-6-13-25)38-35(43)47-24-26-14-7-4-8-15-26/h3-10,12-15,17-20,27H,11,16,21-24H2,1-2H3,(H2,36,37,38,42,43). The van der Waals surface area contributed by atoms with Crippen LogP contribution in [0.4, 0.5) is 15.3 Å². The number of nitrogens with zero attached hydrogens (tertiary/aromatic N) is 3. The molecule has 250 valence electrons. The molecule has 0 bridgehead atoms. The molecule has 0 aromatic heterocycles. The Hall–Kier alpha value is -5.43. The molecule has 1 aliphatic rings. The second-order valence-corrected chi connectivity index (χ2v) is 13.2. The number of benzene rings is 4. The average Bonchev–Trinajstić information content (AvgIpc) is 3.09. The molecular weight excluding hydrogens is 634 g/mol. The van der Waals surface area contributed by atoms with Crippen LogP contribution in [0.5, 0.6) is 0 Å². The predicted octanol–water partition coefficient (Wildman–Crippen LogP) is 5.04. The first-order valence-electron chi connectivity index (χ1n) is 15.4. The van der Waals surface area contributed by atoms with Crippen molar-refractivity contribution in [1.29, 1.82) is 0 Å². The highest BCUT2D eigenvalue weighted by molar-refractivity contribution is 7.90. The molecule has 0 spiro atoms. The van der Waals surface area contributed by atoms with E-state index < -0.39 is 34.0 Å². The molecule has 5 rings (SSSR count). The molecule has 1 heterocycles. The number of nitrogens with one attached hydrogen (secondary N) is 2. The number of sulfonamides is 1. The number of aliphatic imine (C=N–C) groups is 1. The van der Waals surface area contributed by atoms with Gasteiger partial charge in [-0.1, -0.05) is 84.9 Å². The van der Waals surface area contributed by atoms with Crippen LogP contribution < -0.4 is 15.5 Å². The minimum absolute atomic E-state index is 0.00625. The maximum atomic E-state index is 13.5. The van der Waals surface area contributed by atoms with Crippen LogP contribution in [0.2, 0.25) is 0 Å². The number of anilines is 1. The van der Waals surface area contributed by atoms with Crippen molar-refractivity contribution in [2.24, 2.45) is 10.9 Å². The number of guanidine groups is 1. The number of hydrogen-bond acceptors (Lipinski definition) is 8. The lowest BCUT2D eigenvalue weighted by Crippen LogP contribution is -2.55. The highest BCUT2D eigenvalue weighted by Gasteiger charge is 2.44. The van der Waals surface area contributed by atoms with Crippen molar-refractivity contribution < 1.29 is 32.3 Å². The summed E-state index contributed by atoms with van der Waals surface area (Å²) in [5.41, 5.74) is 2.42. The molecule has 3 amide bonds. The third-order valence-electron chi connectivity index (χ3n) is 7.75. The van der Waals surface area contributed by atoms with Gasteiger partial charge in [-0.05, 0) is 36.1 Å². The van der Waals surface area contributed by atoms with Gasteiger partial charge in [-0.2, -0.15) is 0 Å². The Morgan fingerprint density at radius 3 is 2.12 bits per heavy atom. The van der Waals surface area contributed by atoms with Crippen molar-refractivity contribution in [3.05, 3.63) is 108 Å². The molecule has 2 N–H and O–H groups in total. The second-order valence-electron chi connectivity index (χ2n) is 11.4. The van der Waals surface area contributed by atoms with Gasteiger partial charge in [0.25, 0.3) is 10.0 Å². The fourth-order valence-electron chi connectivity index (χ4n) is 5.25. The van der Waals surface area contributed by atoms with Crippen LogP contribution in [-0.4, -0.2) is 64.0 Å². The van der Waals surface area contributed by atoms with Crippen LogP contribution in [0.1, 0.15) is 24.0 Å². The van der Waals surface area contributed by atoms with E-state index in [9.17, 15) is 22.8 Å². The summed E-state index contributed by atoms with van der Waals surface area (Å²) in [7, 11) is -0.291. The first-order valence-corrected chi connectivity index (χ1v) is 16.8. The molecular formula is C35H37N5O7S. The SMILES string of the molecule is CN(C)c1cccc2c(S(=O)(=O)N3CC(CCCNC(=NC(=O)OCc4ccccc4)NC(=O)OCc4ccccc4)C3=O)cccc12. The number of carbonyl (C=O) groups excluding carboxylic acids is 3. The topological polar surface area (TPSA) is 147 Å². The number of hydrogen-bond donors (Lipinski definition) is 2. The Morgan fingerprint density at radius 2 is 1.48 bits per heavy atom. The molecule has 13 heteroatoms. The third-order valence-corrected chi connectivity index (χ3v) is 9.57. The van der Waals surface area contributed by atoms with Crippen LogP contribution in [0, 0.1) is 5.92 Å². The molecule has 1 saturated heterocycles. The van der Waals surface area contributed by atoms with Crippen LogP contribution in [0.25, 0.3) is 10.8 Å². The van der Waals surface area contributed by atoms with Gasteiger partial charge >= 0.3 is 12.2 Å². The monoisotopic (exact) mass is 671 g/mol. The lowest BCUT2D eigenvalue weighted by molar-refractivity contribution is -0.140. The number of amides is 3. The molecule has 4 aromatic rings. The van der Waals surface area contributed by atoms with Crippen LogP contribution in [-0.2, 0) is 37.5 Å². The Bertz CT molecular complexity index is 1900. The zero-order valence-electron chi connectivity index (χ0n) is 26.7. The highest BCUT2D eigenvalue weighted by atomic mass is 32.2. The summed E-state index contributed by atoms with van der Waals surface area (Å²) in [6.45, 7) is 0.281. The van der Waals surface area contributed by atoms with Gasteiger partial charge in [0, 0.05) is 43.6 Å². The zero-order chi connectivity index (χ0) is 34.1. The van der Waals surface area contributed by atoms with Crippen molar-refractivity contribution in [1.82, 2.24) is 14.9 Å². The normalized spacial score (nSPS) is 14.6. The largest absolute Gasteiger partial charge is 0.444 e. The number of ether oxygens (including phenoxy) is 2. The van der Waals surface area contributed by atoms with E-state index in [1.807, 2.05) is 67.5 Å². The Kier molecular flexibility index (Phi) is 10.9. The Balaban J connectivity index is 1.16. The summed E-state index contributed by atoms with van der Waals surface area (Å²) in [6, 6.07) is 28.7. The first-order chi connectivity index (χ1) is 23.1. The summed E-state index contributed by atoms with van der Waals surface area (Å²) in [5, 5.41) is 6.64. The van der Waals surface area contributed by atoms with Gasteiger partial charge in [0.05, 0.1) is 10.8 Å². The Labute approximate surface area is 279 Å². The number of fused-ring (bicyclic) bond motifs is 1. The van der Waals surface area contributed by atoms with Crippen molar-refractivity contribution in [2.75, 3.05) is 32.1 Å². The fourth-order valence-corrected chi connectivity index (χ4v) is 6.96. The molecule has 1 unspecified atom stereocenters. The van der Waals surface area contributed by atoms with Gasteiger partial charge in [-0.25, -0.2) is 22.3 Å². The van der Waals surface area contributed by atoms with Crippen LogP contribution >= 0.6 is 0 Å². The summed E-state index contributed by atoms with van der Waals surface area (Å²) in [4.78, 5) is 43.8. The van der Waals surface area contributed by atoms with Crippen molar-refractivity contribution in [3.63, 3.8) is 0 Å². The second kappa shape index (κ2) is 15.4.